The molecule has 1 atom stereocenters. The molecule has 2 rings (SSSR count). The Hall–Kier alpha value is -1.82. The van der Waals surface area contributed by atoms with Crippen molar-refractivity contribution in [3.8, 4) is 5.88 Å². The van der Waals surface area contributed by atoms with E-state index in [0.29, 0.717) is 12.5 Å². The van der Waals surface area contributed by atoms with Gasteiger partial charge >= 0.3 is 6.03 Å². The van der Waals surface area contributed by atoms with Crippen LogP contribution in [0.15, 0.2) is 18.3 Å². The first kappa shape index (κ1) is 16.5. The third kappa shape index (κ3) is 5.18. The zero-order chi connectivity index (χ0) is 15.9. The van der Waals surface area contributed by atoms with E-state index in [1.54, 1.807) is 0 Å². The summed E-state index contributed by atoms with van der Waals surface area (Å²) in [5.41, 5.74) is 1.16. The minimum atomic E-state index is -0.0791. The van der Waals surface area contributed by atoms with Crippen LogP contribution in [0.4, 0.5) is 4.79 Å². The summed E-state index contributed by atoms with van der Waals surface area (Å²) in [5, 5.41) is 5.88. The molecule has 1 aliphatic rings. The Morgan fingerprint density at radius 2 is 2.32 bits per heavy atom. The lowest BCUT2D eigenvalue weighted by atomic mass is 10.2. The zero-order valence-corrected chi connectivity index (χ0v) is 13.6. The van der Waals surface area contributed by atoms with Gasteiger partial charge in [-0.1, -0.05) is 6.07 Å². The topological polar surface area (TPSA) is 66.5 Å². The Kier molecular flexibility index (Phi) is 6.00. The molecule has 0 saturated carbocycles. The Balaban J connectivity index is 1.77. The van der Waals surface area contributed by atoms with Crippen molar-refractivity contribution in [1.82, 2.24) is 20.5 Å². The van der Waals surface area contributed by atoms with E-state index >= 15 is 0 Å². The number of amides is 2. The standard InChI is InChI=1S/C16H26N4O2/c1-4-22-15-6-5-13(9-17-15)10-20-8-7-14(11-20)19-16(21)18-12(2)3/h5-6,9,12,14H,4,7-8,10-11H2,1-3H3,(H2,18,19,21)/t14-/m1/s1. The molecule has 6 nitrogen and oxygen atoms in total. The van der Waals surface area contributed by atoms with Crippen molar-refractivity contribution >= 4 is 6.03 Å². The summed E-state index contributed by atoms with van der Waals surface area (Å²) >= 11 is 0. The number of ether oxygens (including phenoxy) is 1. The number of rotatable bonds is 6. The fraction of sp³-hybridized carbons (Fsp3) is 0.625. The largest absolute Gasteiger partial charge is 0.478 e. The third-order valence-corrected chi connectivity index (χ3v) is 3.52. The van der Waals surface area contributed by atoms with Gasteiger partial charge < -0.3 is 15.4 Å². The highest BCUT2D eigenvalue weighted by Crippen LogP contribution is 2.15. The Labute approximate surface area is 132 Å². The van der Waals surface area contributed by atoms with Gasteiger partial charge in [0.2, 0.25) is 5.88 Å². The molecule has 0 aromatic carbocycles. The highest BCUT2D eigenvalue weighted by atomic mass is 16.5. The first-order valence-corrected chi connectivity index (χ1v) is 7.94. The molecule has 122 valence electrons. The molecule has 0 unspecified atom stereocenters. The number of carbonyl (C=O) groups excluding carboxylic acids is 1. The maximum atomic E-state index is 11.7. The second-order valence-corrected chi connectivity index (χ2v) is 5.93. The molecule has 22 heavy (non-hydrogen) atoms. The molecule has 0 radical (unpaired) electrons. The van der Waals surface area contributed by atoms with Crippen molar-refractivity contribution < 1.29 is 9.53 Å². The summed E-state index contributed by atoms with van der Waals surface area (Å²) in [4.78, 5) is 18.3. The van der Waals surface area contributed by atoms with Crippen molar-refractivity contribution in [3.63, 3.8) is 0 Å². The van der Waals surface area contributed by atoms with E-state index in [2.05, 4.69) is 20.5 Å². The number of nitrogens with zero attached hydrogens (tertiary/aromatic N) is 2. The fourth-order valence-electron chi connectivity index (χ4n) is 2.58. The normalized spacial score (nSPS) is 18.5. The molecule has 2 N–H and O–H groups in total. The van der Waals surface area contributed by atoms with Crippen molar-refractivity contribution in [1.29, 1.82) is 0 Å². The van der Waals surface area contributed by atoms with Crippen molar-refractivity contribution in [2.45, 2.75) is 45.8 Å². The molecule has 0 aliphatic carbocycles. The average Bonchev–Trinajstić information content (AvgIpc) is 2.87. The number of likely N-dealkylation sites (tertiary alicyclic amines) is 1. The highest BCUT2D eigenvalue weighted by Gasteiger charge is 2.23. The van der Waals surface area contributed by atoms with Crippen molar-refractivity contribution in [2.75, 3.05) is 19.7 Å². The molecule has 2 heterocycles. The van der Waals surface area contributed by atoms with Crippen LogP contribution in [0.2, 0.25) is 0 Å². The van der Waals surface area contributed by atoms with Crippen molar-refractivity contribution in [3.05, 3.63) is 23.9 Å². The maximum absolute atomic E-state index is 11.7. The first-order chi connectivity index (χ1) is 10.6. The van der Waals surface area contributed by atoms with E-state index in [1.807, 2.05) is 39.1 Å². The predicted molar refractivity (Wildman–Crippen MR) is 85.9 cm³/mol. The van der Waals surface area contributed by atoms with E-state index in [4.69, 9.17) is 4.74 Å². The molecule has 0 spiro atoms. The lowest BCUT2D eigenvalue weighted by Gasteiger charge is -2.17. The van der Waals surface area contributed by atoms with Crippen LogP contribution in [0.25, 0.3) is 0 Å². The summed E-state index contributed by atoms with van der Waals surface area (Å²) in [6.45, 7) is 9.20. The van der Waals surface area contributed by atoms with Gasteiger partial charge in [0, 0.05) is 44.0 Å². The molecule has 6 heteroatoms. The van der Waals surface area contributed by atoms with Crippen LogP contribution in [-0.4, -0.2) is 47.7 Å². The van der Waals surface area contributed by atoms with E-state index in [0.717, 1.165) is 31.6 Å². The summed E-state index contributed by atoms with van der Waals surface area (Å²) in [6.07, 6.45) is 2.84. The average molecular weight is 306 g/mol. The van der Waals surface area contributed by atoms with E-state index < -0.39 is 0 Å². The first-order valence-electron chi connectivity index (χ1n) is 7.94. The number of nitrogens with one attached hydrogen (secondary N) is 2. The van der Waals surface area contributed by atoms with Gasteiger partial charge in [0.25, 0.3) is 0 Å². The fourth-order valence-corrected chi connectivity index (χ4v) is 2.58. The van der Waals surface area contributed by atoms with Crippen LogP contribution in [0.1, 0.15) is 32.8 Å². The summed E-state index contributed by atoms with van der Waals surface area (Å²) < 4.78 is 5.34. The van der Waals surface area contributed by atoms with Gasteiger partial charge in [-0.15, -0.1) is 0 Å². The van der Waals surface area contributed by atoms with Gasteiger partial charge in [-0.25, -0.2) is 9.78 Å². The van der Waals surface area contributed by atoms with Crippen LogP contribution in [0, 0.1) is 0 Å². The van der Waals surface area contributed by atoms with Crippen LogP contribution < -0.4 is 15.4 Å². The molecular formula is C16H26N4O2. The summed E-state index contributed by atoms with van der Waals surface area (Å²) in [5.74, 6) is 0.664. The van der Waals surface area contributed by atoms with Crippen LogP contribution in [0.5, 0.6) is 5.88 Å². The molecule has 1 aromatic heterocycles. The molecule has 1 aromatic rings. The molecule has 1 fully saturated rings. The summed E-state index contributed by atoms with van der Waals surface area (Å²) in [6, 6.07) is 4.25. The number of pyridine rings is 1. The number of carbonyl (C=O) groups is 1. The lowest BCUT2D eigenvalue weighted by Crippen LogP contribution is -2.45. The number of aromatic nitrogens is 1. The number of hydrogen-bond donors (Lipinski definition) is 2. The van der Waals surface area contributed by atoms with Gasteiger partial charge in [0.1, 0.15) is 0 Å². The van der Waals surface area contributed by atoms with Gasteiger partial charge in [-0.2, -0.15) is 0 Å². The number of urea groups is 1. The second kappa shape index (κ2) is 7.98. The number of hydrogen-bond acceptors (Lipinski definition) is 4. The highest BCUT2D eigenvalue weighted by molar-refractivity contribution is 5.74. The Morgan fingerprint density at radius 1 is 1.50 bits per heavy atom. The SMILES string of the molecule is CCOc1ccc(CN2CC[C@@H](NC(=O)NC(C)C)C2)cn1. The molecule has 2 amide bonds. The van der Waals surface area contributed by atoms with E-state index in [-0.39, 0.29) is 18.1 Å². The van der Waals surface area contributed by atoms with E-state index in [9.17, 15) is 4.79 Å². The summed E-state index contributed by atoms with van der Waals surface area (Å²) in [7, 11) is 0. The third-order valence-electron chi connectivity index (χ3n) is 3.52. The van der Waals surface area contributed by atoms with Crippen LogP contribution in [-0.2, 0) is 6.54 Å². The van der Waals surface area contributed by atoms with Gasteiger partial charge in [-0.3, -0.25) is 4.90 Å². The monoisotopic (exact) mass is 306 g/mol. The van der Waals surface area contributed by atoms with Gasteiger partial charge in [-0.05, 0) is 32.8 Å². The van der Waals surface area contributed by atoms with E-state index in [1.165, 1.54) is 0 Å². The quantitative estimate of drug-likeness (QED) is 0.840. The Morgan fingerprint density at radius 3 is 2.95 bits per heavy atom. The minimum absolute atomic E-state index is 0.0791. The molecule has 1 saturated heterocycles. The maximum Gasteiger partial charge on any atom is 0.315 e. The Bertz CT molecular complexity index is 476. The smallest absolute Gasteiger partial charge is 0.315 e. The van der Waals surface area contributed by atoms with Crippen LogP contribution >= 0.6 is 0 Å². The van der Waals surface area contributed by atoms with Crippen LogP contribution in [0.3, 0.4) is 0 Å². The second-order valence-electron chi connectivity index (χ2n) is 5.93. The zero-order valence-electron chi connectivity index (χ0n) is 13.6. The van der Waals surface area contributed by atoms with Gasteiger partial charge in [0.05, 0.1) is 6.61 Å². The minimum Gasteiger partial charge on any atom is -0.478 e. The molecule has 0 bridgehead atoms. The van der Waals surface area contributed by atoms with Crippen molar-refractivity contribution in [2.24, 2.45) is 0 Å². The lowest BCUT2D eigenvalue weighted by molar-refractivity contribution is 0.233. The molecular weight excluding hydrogens is 280 g/mol. The molecule has 1 aliphatic heterocycles. The predicted octanol–water partition coefficient (Wildman–Crippen LogP) is 1.76. The van der Waals surface area contributed by atoms with Gasteiger partial charge in [0.15, 0.2) is 0 Å².